The molecule has 6 nitrogen and oxygen atoms in total. The predicted octanol–water partition coefficient (Wildman–Crippen LogP) is 16.2. The topological polar surface area (TPSA) is 78.9 Å². The summed E-state index contributed by atoms with van der Waals surface area (Å²) in [5.41, 5.74) is 0. The van der Waals surface area contributed by atoms with Crippen LogP contribution in [0.1, 0.15) is 213 Å². The molecule has 346 valence electrons. The highest BCUT2D eigenvalue weighted by atomic mass is 16.6. The maximum atomic E-state index is 12.8. The van der Waals surface area contributed by atoms with E-state index < -0.39 is 6.10 Å². The van der Waals surface area contributed by atoms with Crippen molar-refractivity contribution < 1.29 is 28.6 Å². The number of unbranched alkanes of at least 4 members (excludes halogenated alkanes) is 16. The summed E-state index contributed by atoms with van der Waals surface area (Å²) in [6.07, 6.45) is 63.9. The first-order valence-electron chi connectivity index (χ1n) is 24.7. The van der Waals surface area contributed by atoms with Gasteiger partial charge in [-0.3, -0.25) is 14.4 Å². The molecule has 0 bridgehead atoms. The molecule has 0 aliphatic heterocycles. The van der Waals surface area contributed by atoms with Gasteiger partial charge >= 0.3 is 17.9 Å². The molecular formula is C55H90O6. The summed E-state index contributed by atoms with van der Waals surface area (Å²) in [6, 6.07) is 0. The predicted molar refractivity (Wildman–Crippen MR) is 260 cm³/mol. The van der Waals surface area contributed by atoms with E-state index in [0.29, 0.717) is 19.3 Å². The van der Waals surface area contributed by atoms with Crippen LogP contribution in [0, 0.1) is 0 Å². The molecule has 0 aromatic carbocycles. The Kier molecular flexibility index (Phi) is 46.0. The molecule has 0 aliphatic carbocycles. The van der Waals surface area contributed by atoms with Gasteiger partial charge in [0.05, 0.1) is 0 Å². The van der Waals surface area contributed by atoms with E-state index in [2.05, 4.69) is 118 Å². The zero-order chi connectivity index (χ0) is 44.4. The number of hydrogen-bond donors (Lipinski definition) is 0. The van der Waals surface area contributed by atoms with Crippen molar-refractivity contribution in [2.75, 3.05) is 13.2 Å². The maximum Gasteiger partial charge on any atom is 0.306 e. The SMILES string of the molecule is CC/C=C\C/C=C\C/C=C\C/C=C\CCCCC(=O)O[C@H](COC(=O)CCCCCC/C=C\C/C=C\C/C=C\CCCCC)COC(=O)CCCCCCC/C=C\CCCC. The lowest BCUT2D eigenvalue weighted by molar-refractivity contribution is -0.167. The molecule has 0 aliphatic rings. The second-order valence-corrected chi connectivity index (χ2v) is 16.0. The minimum Gasteiger partial charge on any atom is -0.462 e. The molecule has 0 saturated heterocycles. The highest BCUT2D eigenvalue weighted by molar-refractivity contribution is 5.71. The number of ether oxygens (including phenoxy) is 3. The molecule has 0 fully saturated rings. The van der Waals surface area contributed by atoms with Crippen molar-refractivity contribution in [3.05, 3.63) is 97.2 Å². The minimum atomic E-state index is -0.811. The van der Waals surface area contributed by atoms with Gasteiger partial charge in [-0.1, -0.05) is 176 Å². The number of carbonyl (C=O) groups is 3. The highest BCUT2D eigenvalue weighted by Crippen LogP contribution is 2.12. The fourth-order valence-corrected chi connectivity index (χ4v) is 6.30. The van der Waals surface area contributed by atoms with Crippen LogP contribution in [0.15, 0.2) is 97.2 Å². The first-order chi connectivity index (χ1) is 30.0. The summed E-state index contributed by atoms with van der Waals surface area (Å²) in [5.74, 6) is -0.988. The molecular weight excluding hydrogens is 757 g/mol. The average molecular weight is 847 g/mol. The lowest BCUT2D eigenvalue weighted by Crippen LogP contribution is -2.30. The lowest BCUT2D eigenvalue weighted by atomic mass is 10.1. The van der Waals surface area contributed by atoms with E-state index in [4.69, 9.17) is 14.2 Å². The van der Waals surface area contributed by atoms with Crippen LogP contribution < -0.4 is 0 Å². The van der Waals surface area contributed by atoms with E-state index in [0.717, 1.165) is 116 Å². The van der Waals surface area contributed by atoms with Crippen LogP contribution in [0.4, 0.5) is 0 Å². The third-order valence-electron chi connectivity index (χ3n) is 10.0. The number of allylic oxidation sites excluding steroid dienone is 16. The van der Waals surface area contributed by atoms with Crippen LogP contribution in [0.5, 0.6) is 0 Å². The molecule has 0 radical (unpaired) electrons. The van der Waals surface area contributed by atoms with Crippen molar-refractivity contribution in [2.45, 2.75) is 219 Å². The molecule has 0 spiro atoms. The molecule has 0 saturated carbocycles. The van der Waals surface area contributed by atoms with Crippen LogP contribution in [-0.4, -0.2) is 37.2 Å². The Morgan fingerprint density at radius 2 is 0.656 bits per heavy atom. The van der Waals surface area contributed by atoms with E-state index in [9.17, 15) is 14.4 Å². The molecule has 61 heavy (non-hydrogen) atoms. The van der Waals surface area contributed by atoms with Gasteiger partial charge in [0.25, 0.3) is 0 Å². The summed E-state index contributed by atoms with van der Waals surface area (Å²) in [5, 5.41) is 0. The van der Waals surface area contributed by atoms with Crippen molar-refractivity contribution in [3.63, 3.8) is 0 Å². The Labute approximate surface area is 375 Å². The van der Waals surface area contributed by atoms with Gasteiger partial charge in [0, 0.05) is 19.3 Å². The molecule has 0 N–H and O–H groups in total. The average Bonchev–Trinajstić information content (AvgIpc) is 3.26. The van der Waals surface area contributed by atoms with Gasteiger partial charge in [-0.05, 0) is 116 Å². The lowest BCUT2D eigenvalue weighted by Gasteiger charge is -2.18. The first kappa shape index (κ1) is 57.3. The van der Waals surface area contributed by atoms with Crippen LogP contribution in [0.2, 0.25) is 0 Å². The Bertz CT molecular complexity index is 1250. The van der Waals surface area contributed by atoms with Gasteiger partial charge in [0.1, 0.15) is 13.2 Å². The molecule has 0 heterocycles. The zero-order valence-electron chi connectivity index (χ0n) is 39.4. The second kappa shape index (κ2) is 49.0. The fourth-order valence-electron chi connectivity index (χ4n) is 6.30. The summed E-state index contributed by atoms with van der Waals surface area (Å²) in [6.45, 7) is 6.37. The summed E-state index contributed by atoms with van der Waals surface area (Å²) in [4.78, 5) is 37.9. The number of esters is 3. The van der Waals surface area contributed by atoms with Gasteiger partial charge in [-0.25, -0.2) is 0 Å². The van der Waals surface area contributed by atoms with Crippen molar-refractivity contribution in [1.29, 1.82) is 0 Å². The second-order valence-electron chi connectivity index (χ2n) is 16.0. The summed E-state index contributed by atoms with van der Waals surface area (Å²) in [7, 11) is 0. The maximum absolute atomic E-state index is 12.8. The van der Waals surface area contributed by atoms with Crippen LogP contribution >= 0.6 is 0 Å². The molecule has 0 unspecified atom stereocenters. The van der Waals surface area contributed by atoms with Crippen LogP contribution in [0.3, 0.4) is 0 Å². The molecule has 0 rings (SSSR count). The van der Waals surface area contributed by atoms with E-state index in [-0.39, 0.29) is 37.5 Å². The van der Waals surface area contributed by atoms with E-state index >= 15 is 0 Å². The number of carbonyl (C=O) groups excluding carboxylic acids is 3. The summed E-state index contributed by atoms with van der Waals surface area (Å²) < 4.78 is 16.7. The van der Waals surface area contributed by atoms with Gasteiger partial charge in [-0.2, -0.15) is 0 Å². The molecule has 1 atom stereocenters. The van der Waals surface area contributed by atoms with Crippen LogP contribution in [-0.2, 0) is 28.6 Å². The van der Waals surface area contributed by atoms with E-state index in [1.54, 1.807) is 0 Å². The van der Waals surface area contributed by atoms with Crippen molar-refractivity contribution >= 4 is 17.9 Å². The third kappa shape index (κ3) is 47.2. The Morgan fingerprint density at radius 3 is 1.10 bits per heavy atom. The number of rotatable bonds is 43. The fraction of sp³-hybridized carbons (Fsp3) is 0.655. The first-order valence-corrected chi connectivity index (χ1v) is 24.7. The largest absolute Gasteiger partial charge is 0.462 e. The van der Waals surface area contributed by atoms with Gasteiger partial charge in [-0.15, -0.1) is 0 Å². The quantitative estimate of drug-likeness (QED) is 0.0263. The Balaban J connectivity index is 4.50. The Morgan fingerprint density at radius 1 is 0.344 bits per heavy atom. The Hall–Kier alpha value is -3.67. The van der Waals surface area contributed by atoms with Gasteiger partial charge < -0.3 is 14.2 Å². The molecule has 0 aromatic heterocycles. The third-order valence-corrected chi connectivity index (χ3v) is 10.0. The normalized spacial score (nSPS) is 12.9. The standard InChI is InChI=1S/C55H90O6/c1-4-7-10-13-16-19-22-24-26-27-29-30-33-36-39-42-45-48-54(57)60-51-52(50-59-53(56)47-44-41-38-35-32-21-18-15-12-9-6-3)61-55(58)49-46-43-40-37-34-31-28-25-23-20-17-14-11-8-5-2/h8,11,15-20,24-26,28-30,34,37,52H,4-7,9-10,12-14,21-23,27,31-33,35-36,38-51H2,1-3H3/b11-8-,18-15-,19-16-,20-17-,26-24-,28-25-,30-29-,37-34-/t52-/m0/s1. The smallest absolute Gasteiger partial charge is 0.306 e. The highest BCUT2D eigenvalue weighted by Gasteiger charge is 2.19. The molecule has 6 heteroatoms. The van der Waals surface area contributed by atoms with Gasteiger partial charge in [0.15, 0.2) is 6.10 Å². The van der Waals surface area contributed by atoms with Gasteiger partial charge in [0.2, 0.25) is 0 Å². The number of hydrogen-bond acceptors (Lipinski definition) is 6. The monoisotopic (exact) mass is 847 g/mol. The molecule has 0 aromatic rings. The zero-order valence-corrected chi connectivity index (χ0v) is 39.4. The van der Waals surface area contributed by atoms with Crippen molar-refractivity contribution in [1.82, 2.24) is 0 Å². The minimum absolute atomic E-state index is 0.107. The van der Waals surface area contributed by atoms with Crippen LogP contribution in [0.25, 0.3) is 0 Å². The molecule has 0 amide bonds. The van der Waals surface area contributed by atoms with E-state index in [1.165, 1.54) is 51.4 Å². The summed E-state index contributed by atoms with van der Waals surface area (Å²) >= 11 is 0. The van der Waals surface area contributed by atoms with Crippen molar-refractivity contribution in [3.8, 4) is 0 Å². The van der Waals surface area contributed by atoms with Crippen molar-refractivity contribution in [2.24, 2.45) is 0 Å². The van der Waals surface area contributed by atoms with E-state index in [1.807, 2.05) is 0 Å².